The minimum absolute atomic E-state index is 0.229. The Morgan fingerprint density at radius 1 is 0.865 bits per heavy atom. The zero-order valence-corrected chi connectivity index (χ0v) is 22.9. The summed E-state index contributed by atoms with van der Waals surface area (Å²) in [6.45, 7) is 7.24. The van der Waals surface area contributed by atoms with Crippen molar-refractivity contribution in [2.24, 2.45) is 11.8 Å². The molecule has 1 spiro atoms. The molecule has 3 saturated carbocycles. The van der Waals surface area contributed by atoms with Crippen molar-refractivity contribution in [2.75, 3.05) is 61.8 Å². The summed E-state index contributed by atoms with van der Waals surface area (Å²) >= 11 is 0. The third-order valence-corrected chi connectivity index (χ3v) is 9.38. The van der Waals surface area contributed by atoms with Crippen molar-refractivity contribution < 1.29 is 0 Å². The summed E-state index contributed by atoms with van der Waals surface area (Å²) in [6, 6.07) is 0.782. The highest BCUT2D eigenvalue weighted by Crippen LogP contribution is 2.33. The SMILES string of the molecule is Nc1nc(NC[C@H]2CC[C@H](CNCCCNC3CCCCC3)CC2)nc(N2CCNC3(CCCC3)C2)n1. The van der Waals surface area contributed by atoms with Crippen LogP contribution in [0.3, 0.4) is 0 Å². The molecule has 0 bridgehead atoms. The highest BCUT2D eigenvalue weighted by atomic mass is 15.3. The van der Waals surface area contributed by atoms with E-state index >= 15 is 0 Å². The molecule has 9 nitrogen and oxygen atoms in total. The van der Waals surface area contributed by atoms with E-state index in [1.165, 1.54) is 96.4 Å². The molecule has 5 rings (SSSR count). The van der Waals surface area contributed by atoms with E-state index in [1.807, 2.05) is 0 Å². The van der Waals surface area contributed by atoms with Crippen LogP contribution in [0.25, 0.3) is 0 Å². The zero-order valence-electron chi connectivity index (χ0n) is 22.9. The average molecular weight is 514 g/mol. The van der Waals surface area contributed by atoms with Crippen molar-refractivity contribution in [3.63, 3.8) is 0 Å². The molecule has 1 aromatic heterocycles. The van der Waals surface area contributed by atoms with Crippen LogP contribution in [0.4, 0.5) is 17.8 Å². The van der Waals surface area contributed by atoms with Crippen molar-refractivity contribution in [2.45, 2.75) is 101 Å². The van der Waals surface area contributed by atoms with E-state index < -0.39 is 0 Å². The molecule has 0 aromatic carbocycles. The molecular weight excluding hydrogens is 462 g/mol. The lowest BCUT2D eigenvalue weighted by Gasteiger charge is -2.41. The van der Waals surface area contributed by atoms with Gasteiger partial charge in [-0.2, -0.15) is 15.0 Å². The predicted octanol–water partition coefficient (Wildman–Crippen LogP) is 3.30. The first-order valence-electron chi connectivity index (χ1n) is 15.4. The molecule has 1 aromatic rings. The molecule has 2 heterocycles. The van der Waals surface area contributed by atoms with Gasteiger partial charge in [-0.05, 0) is 89.3 Å². The minimum atomic E-state index is 0.229. The lowest BCUT2D eigenvalue weighted by Crippen LogP contribution is -2.59. The van der Waals surface area contributed by atoms with Gasteiger partial charge in [0.15, 0.2) is 0 Å². The molecule has 3 aliphatic carbocycles. The molecule has 0 atom stereocenters. The molecule has 0 unspecified atom stereocenters. The molecule has 37 heavy (non-hydrogen) atoms. The molecule has 0 amide bonds. The van der Waals surface area contributed by atoms with Crippen LogP contribution in [0.2, 0.25) is 0 Å². The Hall–Kier alpha value is -1.71. The fourth-order valence-corrected chi connectivity index (χ4v) is 7.12. The fraction of sp³-hybridized carbons (Fsp3) is 0.893. The predicted molar refractivity (Wildman–Crippen MR) is 152 cm³/mol. The van der Waals surface area contributed by atoms with Gasteiger partial charge in [0.25, 0.3) is 0 Å². The second kappa shape index (κ2) is 13.4. The van der Waals surface area contributed by atoms with Crippen LogP contribution in [0.15, 0.2) is 0 Å². The first-order valence-corrected chi connectivity index (χ1v) is 15.4. The number of aromatic nitrogens is 3. The molecule has 1 saturated heterocycles. The number of hydrogen-bond acceptors (Lipinski definition) is 9. The normalized spacial score (nSPS) is 26.5. The summed E-state index contributed by atoms with van der Waals surface area (Å²) < 4.78 is 0. The van der Waals surface area contributed by atoms with E-state index in [0.29, 0.717) is 17.8 Å². The standard InChI is InChI=1S/C28H51N9/c29-25-34-26(36-27(35-25)37-18-17-33-28(21-37)13-4-5-14-28)32-20-23-11-9-22(10-12-23)19-30-15-6-16-31-24-7-2-1-3-8-24/h22-24,30-31,33H,1-21H2,(H3,29,32,34,35,36)/t22-,23-. The summed E-state index contributed by atoms with van der Waals surface area (Å²) in [5, 5.41) is 14.7. The Morgan fingerprint density at radius 3 is 2.41 bits per heavy atom. The van der Waals surface area contributed by atoms with Crippen LogP contribution >= 0.6 is 0 Å². The van der Waals surface area contributed by atoms with E-state index in [9.17, 15) is 0 Å². The van der Waals surface area contributed by atoms with Gasteiger partial charge in [0.2, 0.25) is 17.8 Å². The first-order chi connectivity index (χ1) is 18.2. The Labute approximate surface area is 223 Å². The Kier molecular flexibility index (Phi) is 9.72. The summed E-state index contributed by atoms with van der Waals surface area (Å²) in [5.41, 5.74) is 6.33. The third kappa shape index (κ3) is 7.90. The monoisotopic (exact) mass is 513 g/mol. The van der Waals surface area contributed by atoms with Crippen LogP contribution in [-0.4, -0.2) is 72.3 Å². The van der Waals surface area contributed by atoms with Gasteiger partial charge in [0.1, 0.15) is 0 Å². The topological polar surface area (TPSA) is 116 Å². The van der Waals surface area contributed by atoms with Crippen LogP contribution in [-0.2, 0) is 0 Å². The molecule has 208 valence electrons. The maximum absolute atomic E-state index is 6.10. The largest absolute Gasteiger partial charge is 0.368 e. The highest BCUT2D eigenvalue weighted by molar-refractivity contribution is 5.43. The van der Waals surface area contributed by atoms with Gasteiger partial charge in [-0.3, -0.25) is 0 Å². The number of nitrogen functional groups attached to an aromatic ring is 1. The molecule has 9 heteroatoms. The van der Waals surface area contributed by atoms with Gasteiger partial charge in [-0.25, -0.2) is 0 Å². The highest BCUT2D eigenvalue weighted by Gasteiger charge is 2.38. The number of anilines is 3. The van der Waals surface area contributed by atoms with Crippen molar-refractivity contribution in [1.29, 1.82) is 0 Å². The van der Waals surface area contributed by atoms with Gasteiger partial charge in [-0.15, -0.1) is 0 Å². The Balaban J connectivity index is 0.979. The van der Waals surface area contributed by atoms with Gasteiger partial charge < -0.3 is 31.9 Å². The Morgan fingerprint density at radius 2 is 1.62 bits per heavy atom. The second-order valence-corrected chi connectivity index (χ2v) is 12.3. The van der Waals surface area contributed by atoms with Crippen LogP contribution < -0.4 is 31.9 Å². The molecular formula is C28H51N9. The van der Waals surface area contributed by atoms with Crippen LogP contribution in [0, 0.1) is 11.8 Å². The fourth-order valence-electron chi connectivity index (χ4n) is 7.12. The van der Waals surface area contributed by atoms with Gasteiger partial charge >= 0.3 is 0 Å². The quantitative estimate of drug-likeness (QED) is 0.284. The summed E-state index contributed by atoms with van der Waals surface area (Å²) in [6.07, 6.45) is 18.5. The summed E-state index contributed by atoms with van der Waals surface area (Å²) in [4.78, 5) is 16.0. The maximum atomic E-state index is 6.10. The number of nitrogens with zero attached hydrogens (tertiary/aromatic N) is 4. The van der Waals surface area contributed by atoms with Gasteiger partial charge in [0.05, 0.1) is 0 Å². The van der Waals surface area contributed by atoms with Crippen molar-refractivity contribution in [3.8, 4) is 0 Å². The lowest BCUT2D eigenvalue weighted by molar-refractivity contribution is 0.275. The number of nitrogens with two attached hydrogens (primary N) is 1. The van der Waals surface area contributed by atoms with Crippen molar-refractivity contribution in [1.82, 2.24) is 30.9 Å². The number of nitrogens with one attached hydrogen (secondary N) is 4. The van der Waals surface area contributed by atoms with E-state index in [1.54, 1.807) is 0 Å². The van der Waals surface area contributed by atoms with E-state index in [-0.39, 0.29) is 5.54 Å². The number of piperazine rings is 1. The van der Waals surface area contributed by atoms with Crippen LogP contribution in [0.1, 0.15) is 89.9 Å². The first kappa shape index (κ1) is 26.9. The summed E-state index contributed by atoms with van der Waals surface area (Å²) in [7, 11) is 0. The lowest BCUT2D eigenvalue weighted by atomic mass is 9.82. The second-order valence-electron chi connectivity index (χ2n) is 12.3. The maximum Gasteiger partial charge on any atom is 0.232 e. The van der Waals surface area contributed by atoms with E-state index in [0.717, 1.165) is 57.2 Å². The Bertz CT molecular complexity index is 814. The molecule has 1 aliphatic heterocycles. The van der Waals surface area contributed by atoms with Crippen molar-refractivity contribution in [3.05, 3.63) is 0 Å². The van der Waals surface area contributed by atoms with Crippen molar-refractivity contribution >= 4 is 17.8 Å². The van der Waals surface area contributed by atoms with Gasteiger partial charge in [-0.1, -0.05) is 32.1 Å². The molecule has 4 fully saturated rings. The van der Waals surface area contributed by atoms with Gasteiger partial charge in [0, 0.05) is 37.8 Å². The molecule has 6 N–H and O–H groups in total. The minimum Gasteiger partial charge on any atom is -0.368 e. The van der Waals surface area contributed by atoms with E-state index in [2.05, 4.69) is 36.1 Å². The smallest absolute Gasteiger partial charge is 0.232 e. The summed E-state index contributed by atoms with van der Waals surface area (Å²) in [5.74, 6) is 3.17. The van der Waals surface area contributed by atoms with Crippen LogP contribution in [0.5, 0.6) is 0 Å². The third-order valence-electron chi connectivity index (χ3n) is 9.38. The number of rotatable bonds is 11. The average Bonchev–Trinajstić information content (AvgIpc) is 3.37. The molecule has 0 radical (unpaired) electrons. The van der Waals surface area contributed by atoms with E-state index in [4.69, 9.17) is 10.7 Å². The molecule has 4 aliphatic rings. The zero-order chi connectivity index (χ0) is 25.3. The number of hydrogen-bond donors (Lipinski definition) is 5.